The summed E-state index contributed by atoms with van der Waals surface area (Å²) in [5.41, 5.74) is 2.85. The van der Waals surface area contributed by atoms with Gasteiger partial charge in [-0.3, -0.25) is 0 Å². The third kappa shape index (κ3) is 6.74. The highest BCUT2D eigenvalue weighted by atomic mass is 16.8. The van der Waals surface area contributed by atoms with Gasteiger partial charge in [0.15, 0.2) is 18.9 Å². The van der Waals surface area contributed by atoms with E-state index < -0.39 is 68.0 Å². The molecule has 7 rings (SSSR count). The molecule has 6 fully saturated rings. The first-order valence-electron chi connectivity index (χ1n) is 21.0. The minimum Gasteiger partial charge on any atom is -0.394 e. The predicted octanol–water partition coefficient (Wildman–Crippen LogP) is 3.97. The van der Waals surface area contributed by atoms with Gasteiger partial charge >= 0.3 is 0 Å². The van der Waals surface area contributed by atoms with Crippen LogP contribution >= 0.6 is 0 Å². The minimum atomic E-state index is -1.62. The van der Waals surface area contributed by atoms with E-state index in [0.29, 0.717) is 17.8 Å². The Bertz CT molecular complexity index is 1450. The summed E-state index contributed by atoms with van der Waals surface area (Å²) in [4.78, 5) is 0. The first-order valence-corrected chi connectivity index (χ1v) is 21.0. The number of aliphatic hydroxyl groups is 6. The van der Waals surface area contributed by atoms with Crippen LogP contribution in [0.15, 0.2) is 23.3 Å². The molecule has 55 heavy (non-hydrogen) atoms. The molecule has 0 unspecified atom stereocenters. The molecule has 0 bridgehead atoms. The van der Waals surface area contributed by atoms with Gasteiger partial charge in [0, 0.05) is 13.0 Å². The Morgan fingerprint density at radius 3 is 2.22 bits per heavy atom. The van der Waals surface area contributed by atoms with Gasteiger partial charge in [0.1, 0.15) is 42.7 Å². The van der Waals surface area contributed by atoms with Crippen LogP contribution < -0.4 is 0 Å². The van der Waals surface area contributed by atoms with Crippen molar-refractivity contribution in [1.82, 2.24) is 0 Å². The summed E-state index contributed by atoms with van der Waals surface area (Å²) < 4.78 is 37.1. The van der Waals surface area contributed by atoms with E-state index in [4.69, 9.17) is 28.4 Å². The van der Waals surface area contributed by atoms with Crippen molar-refractivity contribution in [3.05, 3.63) is 23.3 Å². The molecule has 12 heteroatoms. The summed E-state index contributed by atoms with van der Waals surface area (Å²) >= 11 is 0. The maximum Gasteiger partial charge on any atom is 0.187 e. The molecule has 3 aliphatic heterocycles. The number of fused-ring (bicyclic) bond motifs is 5. The number of allylic oxidation sites excluding steroid dienone is 3. The maximum atomic E-state index is 11.3. The lowest BCUT2D eigenvalue weighted by atomic mass is 9.41. The van der Waals surface area contributed by atoms with Crippen molar-refractivity contribution in [1.29, 1.82) is 0 Å². The van der Waals surface area contributed by atoms with Crippen LogP contribution in [0.25, 0.3) is 0 Å². The Balaban J connectivity index is 1.11. The van der Waals surface area contributed by atoms with Crippen molar-refractivity contribution < 1.29 is 59.1 Å². The summed E-state index contributed by atoms with van der Waals surface area (Å²) in [6, 6.07) is 0. The number of hydrogen-bond acceptors (Lipinski definition) is 12. The lowest BCUT2D eigenvalue weighted by molar-refractivity contribution is -0.375. The fraction of sp³-hybridized carbons (Fsp3) is 0.907. The fourth-order valence-electron chi connectivity index (χ4n) is 13.2. The van der Waals surface area contributed by atoms with Crippen LogP contribution in [0.2, 0.25) is 0 Å². The van der Waals surface area contributed by atoms with Gasteiger partial charge in [0.25, 0.3) is 0 Å². The number of rotatable bonds is 8. The Labute approximate surface area is 327 Å². The zero-order valence-corrected chi connectivity index (χ0v) is 34.5. The number of methoxy groups -OCH3 is 1. The molecule has 3 saturated heterocycles. The highest BCUT2D eigenvalue weighted by Crippen LogP contribution is 2.74. The lowest BCUT2D eigenvalue weighted by Gasteiger charge is -2.65. The van der Waals surface area contributed by atoms with Crippen LogP contribution in [0.3, 0.4) is 0 Å². The van der Waals surface area contributed by atoms with Crippen molar-refractivity contribution in [3.8, 4) is 0 Å². The molecule has 0 aromatic heterocycles. The highest BCUT2D eigenvalue weighted by molar-refractivity contribution is 5.33. The van der Waals surface area contributed by atoms with Crippen LogP contribution in [0, 0.1) is 45.3 Å². The molecule has 6 N–H and O–H groups in total. The summed E-state index contributed by atoms with van der Waals surface area (Å²) in [6.45, 7) is 17.4. The molecule has 12 nitrogen and oxygen atoms in total. The number of hydrogen-bond donors (Lipinski definition) is 6. The molecule has 0 aromatic rings. The second-order valence-electron chi connectivity index (χ2n) is 19.8. The summed E-state index contributed by atoms with van der Waals surface area (Å²) in [7, 11) is 1.79. The van der Waals surface area contributed by atoms with Gasteiger partial charge in [-0.15, -0.1) is 0 Å². The molecule has 0 amide bonds. The molecule has 314 valence electrons. The second-order valence-corrected chi connectivity index (χ2v) is 19.8. The van der Waals surface area contributed by atoms with E-state index in [0.717, 1.165) is 38.5 Å². The molecular formula is C43H70O12. The molecule has 0 spiro atoms. The average molecular weight is 779 g/mol. The van der Waals surface area contributed by atoms with Gasteiger partial charge in [-0.05, 0) is 112 Å². The predicted molar refractivity (Wildman–Crippen MR) is 202 cm³/mol. The minimum absolute atomic E-state index is 0.0375. The first kappa shape index (κ1) is 42.1. The van der Waals surface area contributed by atoms with Crippen LogP contribution in [-0.4, -0.2) is 124 Å². The Morgan fingerprint density at radius 2 is 1.55 bits per heavy atom. The largest absolute Gasteiger partial charge is 0.394 e. The molecule has 7 aliphatic rings. The average Bonchev–Trinajstić information content (AvgIpc) is 3.66. The van der Waals surface area contributed by atoms with Crippen molar-refractivity contribution >= 4 is 0 Å². The third-order valence-electron chi connectivity index (χ3n) is 16.5. The monoisotopic (exact) mass is 778 g/mol. The second kappa shape index (κ2) is 15.2. The smallest absolute Gasteiger partial charge is 0.187 e. The first-order chi connectivity index (χ1) is 25.8. The SMILES string of the molecule is CO[C@@H]1O[C@H](C=C(C)C)C[C@H]1[C@@H]1CC[C@]2(C)C3=CC[C@H]4C(C)(C)[C@@H](O[C@@H]5O[C@H](CO)[C@@H](O)[C@H](O)[C@H]5O[C@@H]5O[C@@H](C)[C@H](O)[C@@H](O)[C@H]5O)CC[C@]4(C)[C@H]3CC[C@@]12C. The topological polar surface area (TPSA) is 177 Å². The quantitative estimate of drug-likeness (QED) is 0.196. The number of aliphatic hydroxyl groups excluding tert-OH is 6. The zero-order chi connectivity index (χ0) is 40.0. The summed E-state index contributed by atoms with van der Waals surface area (Å²) in [5, 5.41) is 63.6. The van der Waals surface area contributed by atoms with E-state index in [1.807, 2.05) is 0 Å². The van der Waals surface area contributed by atoms with Crippen molar-refractivity contribution in [2.24, 2.45) is 45.3 Å². The molecular weight excluding hydrogens is 708 g/mol. The van der Waals surface area contributed by atoms with Crippen LogP contribution in [0.1, 0.15) is 107 Å². The van der Waals surface area contributed by atoms with Crippen LogP contribution in [0.4, 0.5) is 0 Å². The summed E-state index contributed by atoms with van der Waals surface area (Å²) in [6.07, 6.45) is -0.821. The zero-order valence-electron chi connectivity index (χ0n) is 34.5. The number of ether oxygens (including phenoxy) is 6. The van der Waals surface area contributed by atoms with Gasteiger partial charge in [-0.2, -0.15) is 0 Å². The van der Waals surface area contributed by atoms with Crippen molar-refractivity contribution in [2.75, 3.05) is 13.7 Å². The molecule has 0 radical (unpaired) electrons. The fourth-order valence-corrected chi connectivity index (χ4v) is 13.2. The van der Waals surface area contributed by atoms with E-state index in [-0.39, 0.29) is 46.1 Å². The molecule has 20 atom stereocenters. The van der Waals surface area contributed by atoms with E-state index in [1.54, 1.807) is 19.6 Å². The third-order valence-corrected chi connectivity index (χ3v) is 16.5. The van der Waals surface area contributed by atoms with Crippen molar-refractivity contribution in [2.45, 2.75) is 187 Å². The van der Waals surface area contributed by atoms with E-state index >= 15 is 0 Å². The Morgan fingerprint density at radius 1 is 0.818 bits per heavy atom. The Hall–Kier alpha value is -1.00. The van der Waals surface area contributed by atoms with Gasteiger partial charge < -0.3 is 59.1 Å². The highest BCUT2D eigenvalue weighted by Gasteiger charge is 2.67. The van der Waals surface area contributed by atoms with Crippen molar-refractivity contribution in [3.63, 3.8) is 0 Å². The van der Waals surface area contributed by atoms with Gasteiger partial charge in [0.05, 0.1) is 24.9 Å². The molecule has 4 aliphatic carbocycles. The van der Waals surface area contributed by atoms with E-state index in [2.05, 4.69) is 60.6 Å². The molecule has 3 heterocycles. The van der Waals surface area contributed by atoms with Crippen LogP contribution in [-0.2, 0) is 28.4 Å². The normalized spacial score (nSPS) is 53.5. The van der Waals surface area contributed by atoms with E-state index in [9.17, 15) is 30.6 Å². The van der Waals surface area contributed by atoms with Crippen LogP contribution in [0.5, 0.6) is 0 Å². The van der Waals surface area contributed by atoms with Gasteiger partial charge in [0.2, 0.25) is 0 Å². The van der Waals surface area contributed by atoms with E-state index in [1.165, 1.54) is 18.4 Å². The summed E-state index contributed by atoms with van der Waals surface area (Å²) in [5.74, 6) is 1.62. The maximum absolute atomic E-state index is 11.3. The molecule has 0 aromatic carbocycles. The molecule has 3 saturated carbocycles. The standard InChI is InChI=1S/C43H70O12/c1-21(2)18-23-19-24(37(50-9)52-23)25-12-16-43(8)27-10-11-29-40(4,5)30(14-15-41(29,6)26(27)13-17-42(25,43)7)54-39-36(34(48)32(46)28(20-44)53-39)55-38-35(49)33(47)31(45)22(3)51-38/h10,18,22-26,28-39,44-49H,11-17,19-20H2,1-9H3/t22-,23+,24-,25-,26-,28+,29-,30-,31-,32+,33+,34-,35+,36+,37+,38-,39-,41+,42-,43+/m0/s1. The van der Waals surface area contributed by atoms with Gasteiger partial charge in [-0.25, -0.2) is 0 Å². The van der Waals surface area contributed by atoms with Gasteiger partial charge in [-0.1, -0.05) is 57.9 Å². The Kier molecular flexibility index (Phi) is 11.7. The lowest BCUT2D eigenvalue weighted by Crippen LogP contribution is -2.65.